The summed E-state index contributed by atoms with van der Waals surface area (Å²) in [7, 11) is 0. The van der Waals surface area contributed by atoms with Crippen molar-refractivity contribution in [2.45, 2.75) is 13.2 Å². The summed E-state index contributed by atoms with van der Waals surface area (Å²) < 4.78 is 34.9. The monoisotopic (exact) mass is 360 g/mol. The van der Waals surface area contributed by atoms with Gasteiger partial charge in [0.25, 0.3) is 5.91 Å². The van der Waals surface area contributed by atoms with Crippen LogP contribution in [0.15, 0.2) is 36.4 Å². The molecule has 26 heavy (non-hydrogen) atoms. The smallest absolute Gasteiger partial charge is 0.395 e. The molecule has 0 fully saturated rings. The van der Waals surface area contributed by atoms with Crippen molar-refractivity contribution in [1.29, 1.82) is 0 Å². The second-order valence-corrected chi connectivity index (χ2v) is 5.63. The van der Waals surface area contributed by atoms with Gasteiger partial charge in [-0.05, 0) is 31.2 Å². The molecular formula is C17H14F2N4O3. The van der Waals surface area contributed by atoms with Crippen LogP contribution in [0.25, 0.3) is 11.0 Å². The van der Waals surface area contributed by atoms with Crippen molar-refractivity contribution in [2.75, 3.05) is 17.2 Å². The third-order valence-electron chi connectivity index (χ3n) is 3.76. The zero-order valence-electron chi connectivity index (χ0n) is 13.6. The van der Waals surface area contributed by atoms with Crippen LogP contribution in [0.2, 0.25) is 0 Å². The minimum absolute atomic E-state index is 0.0944. The third kappa shape index (κ3) is 2.99. The summed E-state index contributed by atoms with van der Waals surface area (Å²) >= 11 is 0. The fourth-order valence-electron chi connectivity index (χ4n) is 2.64. The highest BCUT2D eigenvalue weighted by atomic mass is 19.3. The number of ether oxygens (including phenoxy) is 2. The van der Waals surface area contributed by atoms with Crippen LogP contribution in [0.5, 0.6) is 11.5 Å². The minimum atomic E-state index is -3.68. The molecule has 1 aliphatic heterocycles. The Morgan fingerprint density at radius 3 is 2.58 bits per heavy atom. The number of fused-ring (bicyclic) bond motifs is 2. The minimum Gasteiger partial charge on any atom is -0.395 e. The molecule has 0 saturated heterocycles. The Kier molecular flexibility index (Phi) is 3.64. The van der Waals surface area contributed by atoms with E-state index in [1.807, 2.05) is 6.92 Å². The summed E-state index contributed by atoms with van der Waals surface area (Å²) in [5.41, 5.74) is 2.17. The highest BCUT2D eigenvalue weighted by molar-refractivity contribution is 6.04. The SMILES string of the molecule is CCNc1ccc(C(=O)Nc2nc3cc4c(cc3[nH]2)OC(F)(F)O4)cc1. The van der Waals surface area contributed by atoms with Gasteiger partial charge in [0, 0.05) is 29.9 Å². The highest BCUT2D eigenvalue weighted by Crippen LogP contribution is 2.42. The largest absolute Gasteiger partial charge is 0.586 e. The van der Waals surface area contributed by atoms with E-state index in [1.165, 1.54) is 12.1 Å². The van der Waals surface area contributed by atoms with Gasteiger partial charge in [-0.1, -0.05) is 0 Å². The summed E-state index contributed by atoms with van der Waals surface area (Å²) in [5.74, 6) is -0.358. The maximum absolute atomic E-state index is 13.1. The van der Waals surface area contributed by atoms with E-state index in [4.69, 9.17) is 0 Å². The number of alkyl halides is 2. The molecule has 1 aliphatic rings. The number of imidazole rings is 1. The standard InChI is InChI=1S/C17H14F2N4O3/c1-2-20-10-5-3-9(4-6-10)15(24)23-16-21-11-7-13-14(8-12(11)22-16)26-17(18,19)25-13/h3-8,20H,2H2,1H3,(H2,21,22,23,24). The Balaban J connectivity index is 1.53. The zero-order valence-corrected chi connectivity index (χ0v) is 13.6. The van der Waals surface area contributed by atoms with Gasteiger partial charge in [0.1, 0.15) is 0 Å². The van der Waals surface area contributed by atoms with Crippen molar-refractivity contribution in [2.24, 2.45) is 0 Å². The van der Waals surface area contributed by atoms with Crippen molar-refractivity contribution in [3.63, 3.8) is 0 Å². The van der Waals surface area contributed by atoms with E-state index >= 15 is 0 Å². The number of hydrogen-bond acceptors (Lipinski definition) is 5. The predicted octanol–water partition coefficient (Wildman–Crippen LogP) is 3.57. The van der Waals surface area contributed by atoms with Crippen LogP contribution in [-0.2, 0) is 0 Å². The number of H-pyrrole nitrogens is 1. The molecule has 1 aromatic heterocycles. The van der Waals surface area contributed by atoms with Gasteiger partial charge in [0.05, 0.1) is 11.0 Å². The average Bonchev–Trinajstić information content (AvgIpc) is 3.10. The summed E-state index contributed by atoms with van der Waals surface area (Å²) in [6.45, 7) is 2.77. The normalized spacial score (nSPS) is 14.4. The van der Waals surface area contributed by atoms with Crippen LogP contribution in [-0.4, -0.2) is 28.7 Å². The molecule has 0 unspecified atom stereocenters. The van der Waals surface area contributed by atoms with E-state index in [2.05, 4.69) is 30.1 Å². The molecule has 3 N–H and O–H groups in total. The lowest BCUT2D eigenvalue weighted by Gasteiger charge is -2.05. The Bertz CT molecular complexity index is 941. The lowest BCUT2D eigenvalue weighted by atomic mass is 10.2. The fourth-order valence-corrected chi connectivity index (χ4v) is 2.64. The number of aromatic amines is 1. The molecule has 7 nitrogen and oxygen atoms in total. The van der Waals surface area contributed by atoms with Crippen LogP contribution in [0, 0.1) is 0 Å². The van der Waals surface area contributed by atoms with Gasteiger partial charge in [-0.3, -0.25) is 10.1 Å². The van der Waals surface area contributed by atoms with Crippen LogP contribution < -0.4 is 20.1 Å². The summed E-state index contributed by atoms with van der Waals surface area (Å²) in [4.78, 5) is 19.3. The van der Waals surface area contributed by atoms with Gasteiger partial charge in [-0.15, -0.1) is 8.78 Å². The molecule has 9 heteroatoms. The predicted molar refractivity (Wildman–Crippen MR) is 90.9 cm³/mol. The topological polar surface area (TPSA) is 88.3 Å². The van der Waals surface area contributed by atoms with Crippen LogP contribution >= 0.6 is 0 Å². The summed E-state index contributed by atoms with van der Waals surface area (Å²) in [6.07, 6.45) is -3.68. The maximum Gasteiger partial charge on any atom is 0.586 e. The number of anilines is 2. The number of aromatic nitrogens is 2. The average molecular weight is 360 g/mol. The Morgan fingerprint density at radius 2 is 1.88 bits per heavy atom. The highest BCUT2D eigenvalue weighted by Gasteiger charge is 2.43. The molecule has 0 saturated carbocycles. The molecule has 4 rings (SSSR count). The fraction of sp³-hybridized carbons (Fsp3) is 0.176. The molecule has 3 aromatic rings. The first-order valence-corrected chi connectivity index (χ1v) is 7.88. The molecule has 0 aliphatic carbocycles. The maximum atomic E-state index is 13.1. The van der Waals surface area contributed by atoms with E-state index in [0.29, 0.717) is 16.6 Å². The number of halogens is 2. The van der Waals surface area contributed by atoms with Crippen molar-refractivity contribution in [3.05, 3.63) is 42.0 Å². The van der Waals surface area contributed by atoms with E-state index in [1.54, 1.807) is 24.3 Å². The quantitative estimate of drug-likeness (QED) is 0.662. The lowest BCUT2D eigenvalue weighted by molar-refractivity contribution is -0.286. The van der Waals surface area contributed by atoms with Crippen molar-refractivity contribution in [3.8, 4) is 11.5 Å². The summed E-state index contributed by atoms with van der Waals surface area (Å²) in [6, 6.07) is 9.65. The van der Waals surface area contributed by atoms with E-state index < -0.39 is 6.29 Å². The van der Waals surface area contributed by atoms with Crippen LogP contribution in [0.3, 0.4) is 0 Å². The van der Waals surface area contributed by atoms with Gasteiger partial charge >= 0.3 is 6.29 Å². The van der Waals surface area contributed by atoms with Gasteiger partial charge in [0.15, 0.2) is 11.5 Å². The summed E-state index contributed by atoms with van der Waals surface area (Å²) in [5, 5.41) is 5.78. The molecule has 0 atom stereocenters. The van der Waals surface area contributed by atoms with Gasteiger partial charge in [-0.25, -0.2) is 4.98 Å². The molecule has 2 aromatic carbocycles. The molecule has 134 valence electrons. The van der Waals surface area contributed by atoms with Crippen molar-refractivity contribution >= 4 is 28.6 Å². The van der Waals surface area contributed by atoms with E-state index in [-0.39, 0.29) is 23.4 Å². The number of carbonyl (C=O) groups excluding carboxylic acids is 1. The molecule has 0 bridgehead atoms. The van der Waals surface area contributed by atoms with Gasteiger partial charge in [-0.2, -0.15) is 0 Å². The number of rotatable bonds is 4. The molecular weight excluding hydrogens is 346 g/mol. The number of nitrogens with one attached hydrogen (secondary N) is 3. The van der Waals surface area contributed by atoms with Crippen LogP contribution in [0.1, 0.15) is 17.3 Å². The first-order chi connectivity index (χ1) is 12.4. The number of hydrogen-bond donors (Lipinski definition) is 3. The first-order valence-electron chi connectivity index (χ1n) is 7.88. The van der Waals surface area contributed by atoms with Crippen molar-refractivity contribution < 1.29 is 23.0 Å². The van der Waals surface area contributed by atoms with Gasteiger partial charge < -0.3 is 19.8 Å². The lowest BCUT2D eigenvalue weighted by Crippen LogP contribution is -2.25. The number of amides is 1. The van der Waals surface area contributed by atoms with Crippen molar-refractivity contribution in [1.82, 2.24) is 9.97 Å². The Morgan fingerprint density at radius 1 is 1.19 bits per heavy atom. The first kappa shape index (κ1) is 16.1. The Hall–Kier alpha value is -3.36. The third-order valence-corrected chi connectivity index (χ3v) is 3.76. The number of benzene rings is 2. The second kappa shape index (κ2) is 5.87. The van der Waals surface area contributed by atoms with E-state index in [0.717, 1.165) is 12.2 Å². The Labute approximate surface area is 146 Å². The number of nitrogens with zero attached hydrogens (tertiary/aromatic N) is 1. The molecule has 1 amide bonds. The number of carbonyl (C=O) groups is 1. The molecule has 0 spiro atoms. The molecule has 2 heterocycles. The second-order valence-electron chi connectivity index (χ2n) is 5.63. The van der Waals surface area contributed by atoms with E-state index in [9.17, 15) is 13.6 Å². The van der Waals surface area contributed by atoms with Crippen LogP contribution in [0.4, 0.5) is 20.4 Å². The zero-order chi connectivity index (χ0) is 18.3. The molecule has 0 radical (unpaired) electrons. The van der Waals surface area contributed by atoms with Gasteiger partial charge in [0.2, 0.25) is 5.95 Å².